The van der Waals surface area contributed by atoms with E-state index in [-0.39, 0.29) is 16.9 Å². The van der Waals surface area contributed by atoms with Crippen molar-refractivity contribution in [3.8, 4) is 33.7 Å². The van der Waals surface area contributed by atoms with Gasteiger partial charge in [-0.25, -0.2) is 0 Å². The molecule has 7 aromatic carbocycles. The van der Waals surface area contributed by atoms with E-state index in [4.69, 9.17) is 15.9 Å². The number of hydrogen-bond donors (Lipinski definition) is 2. The predicted octanol–water partition coefficient (Wildman–Crippen LogP) is 17.2. The van der Waals surface area contributed by atoms with E-state index in [1.54, 1.807) is 22.3 Å². The van der Waals surface area contributed by atoms with Crippen molar-refractivity contribution in [2.24, 2.45) is 11.1 Å². The molecule has 2 atom stereocenters. The van der Waals surface area contributed by atoms with Crippen molar-refractivity contribution < 1.29 is 4.74 Å². The molecule has 0 saturated carbocycles. The molecule has 2 unspecified atom stereocenters. The van der Waals surface area contributed by atoms with Crippen LogP contribution in [0.15, 0.2) is 215 Å². The van der Waals surface area contributed by atoms with Crippen molar-refractivity contribution in [2.75, 3.05) is 6.54 Å². The third-order valence-corrected chi connectivity index (χ3v) is 16.2. The fourth-order valence-electron chi connectivity index (χ4n) is 12.8. The highest BCUT2D eigenvalue weighted by molar-refractivity contribution is 6.22. The van der Waals surface area contributed by atoms with Gasteiger partial charge in [0.15, 0.2) is 0 Å². The summed E-state index contributed by atoms with van der Waals surface area (Å²) in [4.78, 5) is 0. The fourth-order valence-corrected chi connectivity index (χ4v) is 12.8. The molecule has 0 radical (unpaired) electrons. The molecule has 14 rings (SSSR count). The number of fused-ring (bicyclic) bond motifs is 12. The van der Waals surface area contributed by atoms with E-state index in [1.165, 1.54) is 120 Å². The lowest BCUT2D eigenvalue weighted by Crippen LogP contribution is -2.21. The van der Waals surface area contributed by atoms with Crippen LogP contribution in [0.3, 0.4) is 0 Å². The minimum Gasteiger partial charge on any atom is -0.485 e. The monoisotopic (exact) mass is 940 g/mol. The number of hydrogen-bond acceptors (Lipinski definition) is 3. The van der Waals surface area contributed by atoms with Gasteiger partial charge in [-0.2, -0.15) is 0 Å². The van der Waals surface area contributed by atoms with Crippen LogP contribution in [0.4, 0.5) is 0 Å². The van der Waals surface area contributed by atoms with Gasteiger partial charge >= 0.3 is 0 Å². The molecule has 4 nitrogen and oxygen atoms in total. The Morgan fingerprint density at radius 1 is 0.667 bits per heavy atom. The first kappa shape index (κ1) is 46.8. The molecular formula is C68H65N3O. The van der Waals surface area contributed by atoms with Gasteiger partial charge < -0.3 is 20.4 Å². The molecule has 0 amide bonds. The van der Waals surface area contributed by atoms with Crippen LogP contribution in [0.2, 0.25) is 0 Å². The molecule has 5 aliphatic carbocycles. The molecule has 0 bridgehead atoms. The van der Waals surface area contributed by atoms with Crippen molar-refractivity contribution in [1.29, 1.82) is 5.41 Å². The second-order valence-electron chi connectivity index (χ2n) is 21.2. The number of aryl methyl sites for hydroxylation is 1. The van der Waals surface area contributed by atoms with E-state index in [9.17, 15) is 0 Å². The van der Waals surface area contributed by atoms with Gasteiger partial charge in [-0.05, 0) is 167 Å². The standard InChI is InChI=1S/C38H29N.C16H21N.C13H12O.CH3N/c1-24-12-17-28(18-13-24)39-35-20-16-27(23-32(35)37-29-9-5-4-8-25(29)15-21-36(37)39)26-14-19-34-31(22-26)30-10-6-7-11-33(30)38(34,2)3;1-16(2)14-9-4-3-7-12(14)13-8-5-6-11(10-17)15(13)16;1-9-6-7-13-11(8-9)10-4-2-3-5-12(10)14-13;1-2/h4-23H,1-3H3;4,6,9H,3,5,7-8,10,17H2,1-2H3;2-8,11,13H,1H3;2H,1H2. The molecule has 3 N–H and O–H groups in total. The maximum absolute atomic E-state index is 5.93. The third-order valence-electron chi connectivity index (χ3n) is 16.2. The van der Waals surface area contributed by atoms with E-state index < -0.39 is 0 Å². The Hall–Kier alpha value is -7.53. The summed E-state index contributed by atoms with van der Waals surface area (Å²) in [5.41, 5.74) is 29.5. The Morgan fingerprint density at radius 2 is 1.38 bits per heavy atom. The maximum Gasteiger partial charge on any atom is 0.128 e. The summed E-state index contributed by atoms with van der Waals surface area (Å²) >= 11 is 0. The Morgan fingerprint density at radius 3 is 2.21 bits per heavy atom. The van der Waals surface area contributed by atoms with Crippen LogP contribution in [0, 0.1) is 17.7 Å². The number of ether oxygens (including phenoxy) is 1. The van der Waals surface area contributed by atoms with Gasteiger partial charge in [0.05, 0.1) is 11.0 Å². The molecule has 8 aromatic rings. The zero-order valence-corrected chi connectivity index (χ0v) is 42.7. The zero-order chi connectivity index (χ0) is 49.9. The van der Waals surface area contributed by atoms with Crippen molar-refractivity contribution in [1.82, 2.24) is 4.57 Å². The average Bonchev–Trinajstić information content (AvgIpc) is 4.10. The Balaban J connectivity index is 0.000000139. The Bertz CT molecular complexity index is 3660. The first-order valence-electron chi connectivity index (χ1n) is 25.8. The molecule has 6 aliphatic rings. The van der Waals surface area contributed by atoms with Gasteiger partial charge in [-0.3, -0.25) is 0 Å². The molecule has 0 spiro atoms. The van der Waals surface area contributed by atoms with Gasteiger partial charge in [0.1, 0.15) is 11.9 Å². The van der Waals surface area contributed by atoms with E-state index >= 15 is 0 Å². The number of nitrogens with one attached hydrogen (secondary N) is 1. The van der Waals surface area contributed by atoms with Gasteiger partial charge in [-0.15, -0.1) is 0 Å². The molecule has 4 heteroatoms. The molecule has 72 heavy (non-hydrogen) atoms. The van der Waals surface area contributed by atoms with Crippen LogP contribution in [0.1, 0.15) is 88.5 Å². The number of nitrogens with two attached hydrogens (primary N) is 1. The number of nitrogens with zero attached hydrogens (tertiary/aromatic N) is 1. The lowest BCUT2D eigenvalue weighted by Gasteiger charge is -2.29. The summed E-state index contributed by atoms with van der Waals surface area (Å²) < 4.78 is 8.25. The van der Waals surface area contributed by atoms with Crippen LogP contribution >= 0.6 is 0 Å². The molecule has 358 valence electrons. The van der Waals surface area contributed by atoms with E-state index in [0.29, 0.717) is 12.5 Å². The quantitative estimate of drug-likeness (QED) is 0.173. The first-order chi connectivity index (χ1) is 35.0. The largest absolute Gasteiger partial charge is 0.485 e. The van der Waals surface area contributed by atoms with Crippen molar-refractivity contribution in [3.05, 3.63) is 238 Å². The normalized spacial score (nSPS) is 19.0. The number of rotatable bonds is 3. The fraction of sp³-hybridized carbons (Fsp3) is 0.221. The van der Waals surface area contributed by atoms with Gasteiger partial charge in [0.2, 0.25) is 0 Å². The lowest BCUT2D eigenvalue weighted by atomic mass is 9.75. The maximum atomic E-state index is 5.93. The SMILES string of the molecule is C=N.CC1(C)C2=C(CCC=C2)C2=C1C(CN)=CCC2.CC1=CC2c3ccccc3OC2C=C1.Cc1ccc(-n2c3ccc(-c4ccc5c(c4)-c4ccccc4C5(C)C)cc3c3c4ccccc4ccc32)cc1. The number of allylic oxidation sites excluding steroid dienone is 8. The van der Waals surface area contributed by atoms with Crippen LogP contribution in [-0.2, 0) is 5.41 Å². The lowest BCUT2D eigenvalue weighted by molar-refractivity contribution is 0.268. The van der Waals surface area contributed by atoms with E-state index in [2.05, 4.69) is 223 Å². The second kappa shape index (κ2) is 18.6. The molecular weight excluding hydrogens is 875 g/mol. The third kappa shape index (κ3) is 7.75. The Labute approximate surface area is 425 Å². The minimum atomic E-state index is 0.0226. The Kier molecular flexibility index (Phi) is 12.1. The van der Waals surface area contributed by atoms with Crippen LogP contribution in [0.25, 0.3) is 60.5 Å². The topological polar surface area (TPSA) is 64.0 Å². The van der Waals surface area contributed by atoms with Crippen LogP contribution in [0.5, 0.6) is 5.75 Å². The number of para-hydroxylation sites is 1. The molecule has 0 fully saturated rings. The second-order valence-corrected chi connectivity index (χ2v) is 21.2. The summed E-state index contributed by atoms with van der Waals surface area (Å²) in [6.45, 7) is 16.9. The molecule has 0 saturated heterocycles. The highest BCUT2D eigenvalue weighted by Gasteiger charge is 2.41. The number of benzene rings is 7. The van der Waals surface area contributed by atoms with Gasteiger partial charge in [0, 0.05) is 45.3 Å². The molecule has 1 aliphatic heterocycles. The molecule has 2 heterocycles. The van der Waals surface area contributed by atoms with Crippen molar-refractivity contribution in [3.63, 3.8) is 0 Å². The van der Waals surface area contributed by atoms with E-state index in [1.807, 2.05) is 12.1 Å². The summed E-state index contributed by atoms with van der Waals surface area (Å²) in [6, 6.07) is 53.4. The van der Waals surface area contributed by atoms with Crippen LogP contribution in [-0.4, -0.2) is 23.9 Å². The van der Waals surface area contributed by atoms with Gasteiger partial charge in [-0.1, -0.05) is 172 Å². The highest BCUT2D eigenvalue weighted by Crippen LogP contribution is 2.55. The van der Waals surface area contributed by atoms with Crippen LogP contribution < -0.4 is 10.5 Å². The highest BCUT2D eigenvalue weighted by atomic mass is 16.5. The van der Waals surface area contributed by atoms with Crippen molar-refractivity contribution in [2.45, 2.75) is 84.7 Å². The summed E-state index contributed by atoms with van der Waals surface area (Å²) in [7, 11) is 0. The number of aromatic nitrogens is 1. The molecule has 1 aromatic heterocycles. The zero-order valence-electron chi connectivity index (χ0n) is 42.7. The first-order valence-corrected chi connectivity index (χ1v) is 25.8. The predicted molar refractivity (Wildman–Crippen MR) is 305 cm³/mol. The summed E-state index contributed by atoms with van der Waals surface area (Å²) in [6.07, 6.45) is 18.6. The van der Waals surface area contributed by atoms with Gasteiger partial charge in [0.25, 0.3) is 0 Å². The smallest absolute Gasteiger partial charge is 0.128 e. The van der Waals surface area contributed by atoms with Crippen molar-refractivity contribution >= 4 is 39.3 Å². The average molecular weight is 940 g/mol. The van der Waals surface area contributed by atoms with E-state index in [0.717, 1.165) is 5.75 Å². The minimum absolute atomic E-state index is 0.0226. The summed E-state index contributed by atoms with van der Waals surface area (Å²) in [5, 5.41) is 10.7. The summed E-state index contributed by atoms with van der Waals surface area (Å²) in [5.74, 6) is 1.47.